The van der Waals surface area contributed by atoms with Gasteiger partial charge >= 0.3 is 0 Å². The van der Waals surface area contributed by atoms with E-state index in [1.165, 1.54) is 0 Å². The molecule has 4 nitrogen and oxygen atoms in total. The number of anilines is 1. The van der Waals surface area contributed by atoms with Crippen LogP contribution in [0, 0.1) is 0 Å². The van der Waals surface area contributed by atoms with Crippen molar-refractivity contribution in [2.75, 3.05) is 19.5 Å². The van der Waals surface area contributed by atoms with Gasteiger partial charge in [-0.3, -0.25) is 0 Å². The van der Waals surface area contributed by atoms with Crippen LogP contribution in [0.2, 0.25) is 10.0 Å². The Balaban J connectivity index is 1.80. The molecule has 26 heavy (non-hydrogen) atoms. The van der Waals surface area contributed by atoms with Gasteiger partial charge in [-0.05, 0) is 61.5 Å². The lowest BCUT2D eigenvalue weighted by Gasteiger charge is -2.27. The van der Waals surface area contributed by atoms with Crippen molar-refractivity contribution < 1.29 is 9.47 Å². The van der Waals surface area contributed by atoms with Crippen LogP contribution in [-0.2, 0) is 6.54 Å². The van der Waals surface area contributed by atoms with E-state index in [1.807, 2.05) is 24.3 Å². The van der Waals surface area contributed by atoms with Crippen LogP contribution in [0.15, 0.2) is 36.4 Å². The van der Waals surface area contributed by atoms with Crippen LogP contribution in [0.1, 0.15) is 18.4 Å². The van der Waals surface area contributed by atoms with Crippen LogP contribution in [0.5, 0.6) is 11.5 Å². The molecule has 1 N–H and O–H groups in total. The van der Waals surface area contributed by atoms with Gasteiger partial charge in [-0.2, -0.15) is 0 Å². The smallest absolute Gasteiger partial charge is 0.174 e. The summed E-state index contributed by atoms with van der Waals surface area (Å²) in [5, 5.41) is 4.99. The van der Waals surface area contributed by atoms with Crippen molar-refractivity contribution in [3.8, 4) is 11.5 Å². The number of benzene rings is 2. The van der Waals surface area contributed by atoms with E-state index < -0.39 is 0 Å². The normalized spacial score (nSPS) is 13.2. The molecule has 0 bridgehead atoms. The molecule has 2 aromatic rings. The van der Waals surface area contributed by atoms with E-state index in [-0.39, 0.29) is 0 Å². The van der Waals surface area contributed by atoms with Gasteiger partial charge in [-0.25, -0.2) is 0 Å². The Hall–Kier alpha value is -1.69. The fraction of sp³-hybridized carbons (Fsp3) is 0.316. The third-order valence-electron chi connectivity index (χ3n) is 4.25. The molecule has 0 atom stereocenters. The number of thiocarbonyl (C=S) groups is 1. The molecule has 138 valence electrons. The SMILES string of the molecule is COc1ccc(OC)c(CN(C(=S)Nc2ccc(Cl)cc2Cl)C2CC2)c1. The fourth-order valence-electron chi connectivity index (χ4n) is 2.72. The lowest BCUT2D eigenvalue weighted by atomic mass is 10.1. The van der Waals surface area contributed by atoms with E-state index >= 15 is 0 Å². The molecule has 7 heteroatoms. The maximum Gasteiger partial charge on any atom is 0.174 e. The molecular formula is C19H20Cl2N2O2S. The summed E-state index contributed by atoms with van der Waals surface area (Å²) in [6, 6.07) is 11.5. The minimum Gasteiger partial charge on any atom is -0.497 e. The second-order valence-corrected chi connectivity index (χ2v) is 7.32. The first kappa shape index (κ1) is 19.1. The Bertz CT molecular complexity index is 812. The van der Waals surface area contributed by atoms with Gasteiger partial charge in [0.1, 0.15) is 11.5 Å². The van der Waals surface area contributed by atoms with Gasteiger partial charge in [-0.1, -0.05) is 23.2 Å². The quantitative estimate of drug-likeness (QED) is 0.647. The van der Waals surface area contributed by atoms with Crippen molar-refractivity contribution in [1.29, 1.82) is 0 Å². The molecule has 1 aliphatic rings. The molecule has 0 amide bonds. The Morgan fingerprint density at radius 3 is 2.54 bits per heavy atom. The highest BCUT2D eigenvalue weighted by molar-refractivity contribution is 7.80. The van der Waals surface area contributed by atoms with Gasteiger partial charge in [0.2, 0.25) is 0 Å². The van der Waals surface area contributed by atoms with Gasteiger partial charge < -0.3 is 19.7 Å². The molecule has 0 unspecified atom stereocenters. The van der Waals surface area contributed by atoms with Crippen molar-refractivity contribution in [2.24, 2.45) is 0 Å². The van der Waals surface area contributed by atoms with Gasteiger partial charge in [0.15, 0.2) is 5.11 Å². The van der Waals surface area contributed by atoms with Crippen molar-refractivity contribution >= 4 is 46.2 Å². The summed E-state index contributed by atoms with van der Waals surface area (Å²) in [5.74, 6) is 1.60. The van der Waals surface area contributed by atoms with Gasteiger partial charge in [0.05, 0.1) is 24.9 Å². The maximum absolute atomic E-state index is 6.26. The molecule has 0 heterocycles. The highest BCUT2D eigenvalue weighted by Crippen LogP contribution is 2.33. The first-order chi connectivity index (χ1) is 12.5. The summed E-state index contributed by atoms with van der Waals surface area (Å²) in [6.45, 7) is 0.627. The summed E-state index contributed by atoms with van der Waals surface area (Å²) < 4.78 is 10.8. The van der Waals surface area contributed by atoms with Crippen LogP contribution in [-0.4, -0.2) is 30.3 Å². The molecule has 2 aromatic carbocycles. The second-order valence-electron chi connectivity index (χ2n) is 6.09. The fourth-order valence-corrected chi connectivity index (χ4v) is 3.50. The molecule has 1 aliphatic carbocycles. The third kappa shape index (κ3) is 4.53. The predicted molar refractivity (Wildman–Crippen MR) is 111 cm³/mol. The topological polar surface area (TPSA) is 33.7 Å². The molecule has 1 saturated carbocycles. The Labute approximate surface area is 169 Å². The van der Waals surface area contributed by atoms with Gasteiger partial charge in [0.25, 0.3) is 0 Å². The number of ether oxygens (including phenoxy) is 2. The van der Waals surface area contributed by atoms with Crippen LogP contribution in [0.4, 0.5) is 5.69 Å². The van der Waals surface area contributed by atoms with E-state index in [1.54, 1.807) is 26.4 Å². The zero-order chi connectivity index (χ0) is 18.7. The lowest BCUT2D eigenvalue weighted by molar-refractivity contribution is 0.371. The van der Waals surface area contributed by atoms with Gasteiger partial charge in [-0.15, -0.1) is 0 Å². The van der Waals surface area contributed by atoms with Crippen LogP contribution >= 0.6 is 35.4 Å². The van der Waals surface area contributed by atoms with Crippen LogP contribution in [0.25, 0.3) is 0 Å². The molecular weight excluding hydrogens is 391 g/mol. The number of rotatable bonds is 6. The van der Waals surface area contributed by atoms with Crippen molar-refractivity contribution in [1.82, 2.24) is 4.90 Å². The van der Waals surface area contributed by atoms with E-state index in [0.717, 1.165) is 35.6 Å². The molecule has 0 spiro atoms. The van der Waals surface area contributed by atoms with E-state index in [2.05, 4.69) is 10.2 Å². The van der Waals surface area contributed by atoms with Crippen molar-refractivity contribution in [2.45, 2.75) is 25.4 Å². The molecule has 0 aliphatic heterocycles. The maximum atomic E-state index is 6.26. The Kier molecular flexibility index (Phi) is 6.12. The van der Waals surface area contributed by atoms with Crippen molar-refractivity contribution in [3.63, 3.8) is 0 Å². The van der Waals surface area contributed by atoms with E-state index in [4.69, 9.17) is 44.9 Å². The van der Waals surface area contributed by atoms with Crippen LogP contribution < -0.4 is 14.8 Å². The predicted octanol–water partition coefficient (Wildman–Crippen LogP) is 5.37. The first-order valence-corrected chi connectivity index (χ1v) is 9.42. The second kappa shape index (κ2) is 8.33. The Morgan fingerprint density at radius 1 is 1.15 bits per heavy atom. The number of nitrogens with one attached hydrogen (secondary N) is 1. The molecule has 1 fully saturated rings. The number of hydrogen-bond acceptors (Lipinski definition) is 3. The summed E-state index contributed by atoms with van der Waals surface area (Å²) in [7, 11) is 3.32. The number of hydrogen-bond donors (Lipinski definition) is 1. The minimum atomic E-state index is 0.414. The minimum absolute atomic E-state index is 0.414. The van der Waals surface area contributed by atoms with E-state index in [0.29, 0.717) is 27.7 Å². The third-order valence-corrected chi connectivity index (χ3v) is 5.13. The summed E-state index contributed by atoms with van der Waals surface area (Å²) >= 11 is 17.9. The largest absolute Gasteiger partial charge is 0.497 e. The number of halogens is 2. The van der Waals surface area contributed by atoms with E-state index in [9.17, 15) is 0 Å². The number of nitrogens with zero attached hydrogens (tertiary/aromatic N) is 1. The summed E-state index contributed by atoms with van der Waals surface area (Å²) in [4.78, 5) is 2.16. The first-order valence-electron chi connectivity index (χ1n) is 8.25. The zero-order valence-corrected chi connectivity index (χ0v) is 16.9. The zero-order valence-electron chi connectivity index (χ0n) is 14.6. The highest BCUT2D eigenvalue weighted by Gasteiger charge is 2.31. The summed E-state index contributed by atoms with van der Waals surface area (Å²) in [5.41, 5.74) is 1.76. The number of methoxy groups -OCH3 is 2. The Morgan fingerprint density at radius 2 is 1.92 bits per heavy atom. The molecule has 0 saturated heterocycles. The molecule has 0 aromatic heterocycles. The van der Waals surface area contributed by atoms with Gasteiger partial charge in [0, 0.05) is 23.2 Å². The van der Waals surface area contributed by atoms with Crippen molar-refractivity contribution in [3.05, 3.63) is 52.0 Å². The van der Waals surface area contributed by atoms with Crippen LogP contribution in [0.3, 0.4) is 0 Å². The molecule has 0 radical (unpaired) electrons. The monoisotopic (exact) mass is 410 g/mol. The average molecular weight is 411 g/mol. The standard InChI is InChI=1S/C19H20Cl2N2O2S/c1-24-15-6-8-18(25-2)12(9-15)11-23(14-4-5-14)19(26)22-17-7-3-13(20)10-16(17)21/h3,6-10,14H,4-5,11H2,1-2H3,(H,22,26). The molecule has 3 rings (SSSR count). The lowest BCUT2D eigenvalue weighted by Crippen LogP contribution is -2.36. The average Bonchev–Trinajstić information content (AvgIpc) is 3.46. The summed E-state index contributed by atoms with van der Waals surface area (Å²) in [6.07, 6.45) is 2.23. The highest BCUT2D eigenvalue weighted by atomic mass is 35.5.